The topological polar surface area (TPSA) is 111 Å². The summed E-state index contributed by atoms with van der Waals surface area (Å²) >= 11 is 0. The highest BCUT2D eigenvalue weighted by atomic mass is 17.1. The molecule has 0 saturated heterocycles. The van der Waals surface area contributed by atoms with E-state index in [1.807, 2.05) is 30.3 Å². The molecule has 0 aliphatic rings. The Morgan fingerprint density at radius 1 is 1.17 bits per heavy atom. The minimum absolute atomic E-state index is 0.172. The van der Waals surface area contributed by atoms with Crippen LogP contribution >= 0.6 is 0 Å². The number of nitrogens with zero attached hydrogens (tertiary/aromatic N) is 3. The van der Waals surface area contributed by atoms with Crippen LogP contribution in [0.1, 0.15) is 22.3 Å². The van der Waals surface area contributed by atoms with Crippen molar-refractivity contribution in [1.82, 2.24) is 14.5 Å². The molecule has 0 spiro atoms. The van der Waals surface area contributed by atoms with Crippen molar-refractivity contribution in [2.24, 2.45) is 0 Å². The van der Waals surface area contributed by atoms with Gasteiger partial charge in [-0.1, -0.05) is 30.3 Å². The van der Waals surface area contributed by atoms with Crippen molar-refractivity contribution in [3.05, 3.63) is 76.2 Å². The molecule has 0 atom stereocenters. The summed E-state index contributed by atoms with van der Waals surface area (Å²) in [6, 6.07) is 14.0. The van der Waals surface area contributed by atoms with Gasteiger partial charge in [0.2, 0.25) is 0 Å². The predicted molar refractivity (Wildman–Crippen MR) is 108 cm³/mol. The highest BCUT2D eigenvalue weighted by molar-refractivity contribution is 5.92. The number of benzene rings is 1. The van der Waals surface area contributed by atoms with Gasteiger partial charge in [-0.3, -0.25) is 14.7 Å². The number of aryl methyl sites for hydroxylation is 1. The molecule has 0 aliphatic heterocycles. The number of rotatable bonds is 7. The predicted octanol–water partition coefficient (Wildman–Crippen LogP) is 2.69. The third kappa shape index (κ3) is 4.81. The molecule has 2 heterocycles. The molecule has 0 fully saturated rings. The molecule has 156 valence electrons. The van der Waals surface area contributed by atoms with Gasteiger partial charge in [0.25, 0.3) is 5.56 Å². The lowest BCUT2D eigenvalue weighted by Crippen LogP contribution is -2.31. The lowest BCUT2D eigenvalue weighted by atomic mass is 10.2. The molecule has 1 amide bonds. The van der Waals surface area contributed by atoms with E-state index in [1.165, 1.54) is 21.7 Å². The van der Waals surface area contributed by atoms with Crippen molar-refractivity contribution in [3.8, 4) is 0 Å². The maximum absolute atomic E-state index is 12.7. The van der Waals surface area contributed by atoms with Crippen molar-refractivity contribution in [1.29, 1.82) is 0 Å². The Balaban J connectivity index is 1.66. The minimum atomic E-state index is -1.15. The number of fused-ring (bicyclic) bond motifs is 1. The van der Waals surface area contributed by atoms with Crippen LogP contribution in [-0.4, -0.2) is 45.4 Å². The van der Waals surface area contributed by atoms with E-state index in [9.17, 15) is 14.4 Å². The van der Waals surface area contributed by atoms with E-state index in [2.05, 4.69) is 9.87 Å². The molecule has 0 unspecified atom stereocenters. The van der Waals surface area contributed by atoms with Crippen LogP contribution in [0, 0.1) is 0 Å². The minimum Gasteiger partial charge on any atom is -0.445 e. The summed E-state index contributed by atoms with van der Waals surface area (Å²) < 4.78 is 6.64. The molecule has 2 aromatic heterocycles. The van der Waals surface area contributed by atoms with E-state index in [1.54, 1.807) is 19.2 Å². The van der Waals surface area contributed by atoms with Crippen molar-refractivity contribution < 1.29 is 24.5 Å². The van der Waals surface area contributed by atoms with Crippen LogP contribution in [0.4, 0.5) is 4.79 Å². The van der Waals surface area contributed by atoms with Crippen LogP contribution < -0.4 is 5.56 Å². The van der Waals surface area contributed by atoms with Gasteiger partial charge in [0, 0.05) is 26.3 Å². The third-order valence-corrected chi connectivity index (χ3v) is 4.56. The van der Waals surface area contributed by atoms with Gasteiger partial charge < -0.3 is 14.2 Å². The zero-order valence-electron chi connectivity index (χ0n) is 16.4. The first-order valence-corrected chi connectivity index (χ1v) is 9.27. The fourth-order valence-corrected chi connectivity index (χ4v) is 3.01. The molecule has 30 heavy (non-hydrogen) atoms. The van der Waals surface area contributed by atoms with Gasteiger partial charge in [-0.05, 0) is 30.2 Å². The number of ether oxygens (including phenoxy) is 1. The molecule has 1 N–H and O–H groups in total. The highest BCUT2D eigenvalue weighted by Crippen LogP contribution is 2.12. The van der Waals surface area contributed by atoms with Crippen molar-refractivity contribution in [3.63, 3.8) is 0 Å². The number of hydrogen-bond donors (Lipinski definition) is 1. The Morgan fingerprint density at radius 3 is 2.67 bits per heavy atom. The molecule has 9 heteroatoms. The number of amides is 1. The van der Waals surface area contributed by atoms with Crippen LogP contribution in [0.5, 0.6) is 0 Å². The maximum atomic E-state index is 12.7. The molecule has 9 nitrogen and oxygen atoms in total. The first-order chi connectivity index (χ1) is 14.5. The zero-order valence-corrected chi connectivity index (χ0v) is 16.4. The van der Waals surface area contributed by atoms with Crippen molar-refractivity contribution >= 4 is 23.1 Å². The van der Waals surface area contributed by atoms with E-state index >= 15 is 0 Å². The van der Waals surface area contributed by atoms with Crippen LogP contribution in [0.15, 0.2) is 59.5 Å². The second-order valence-electron chi connectivity index (χ2n) is 6.62. The van der Waals surface area contributed by atoms with E-state index in [0.717, 1.165) is 5.56 Å². The van der Waals surface area contributed by atoms with Gasteiger partial charge in [0.15, 0.2) is 0 Å². The molecule has 3 aromatic rings. The Kier molecular flexibility index (Phi) is 6.76. The lowest BCUT2D eigenvalue weighted by Gasteiger charge is -2.18. The van der Waals surface area contributed by atoms with Crippen LogP contribution in [0.3, 0.4) is 0 Å². The monoisotopic (exact) mass is 411 g/mol. The Labute approximate surface area is 172 Å². The highest BCUT2D eigenvalue weighted by Gasteiger charge is 2.18. The molecule has 0 saturated carbocycles. The summed E-state index contributed by atoms with van der Waals surface area (Å²) in [6.45, 7) is 0.728. The summed E-state index contributed by atoms with van der Waals surface area (Å²) in [4.78, 5) is 45.8. The van der Waals surface area contributed by atoms with Gasteiger partial charge >= 0.3 is 12.1 Å². The first-order valence-electron chi connectivity index (χ1n) is 9.27. The number of aromatic nitrogens is 2. The fourth-order valence-electron chi connectivity index (χ4n) is 3.01. The van der Waals surface area contributed by atoms with Gasteiger partial charge in [0.05, 0.1) is 11.0 Å². The van der Waals surface area contributed by atoms with Gasteiger partial charge in [-0.2, -0.15) is 5.26 Å². The van der Waals surface area contributed by atoms with Crippen LogP contribution in [-0.2, 0) is 22.8 Å². The summed E-state index contributed by atoms with van der Waals surface area (Å²) in [7, 11) is 1.61. The fraction of sp³-hybridized carbons (Fsp3) is 0.238. The van der Waals surface area contributed by atoms with Crippen LogP contribution in [0.2, 0.25) is 0 Å². The molecular formula is C21H21N3O6. The summed E-state index contributed by atoms with van der Waals surface area (Å²) in [6.07, 6.45) is 1.48. The second-order valence-corrected chi connectivity index (χ2v) is 6.62. The first kappa shape index (κ1) is 21.0. The molecular weight excluding hydrogens is 390 g/mol. The Bertz CT molecular complexity index is 1100. The maximum Gasteiger partial charge on any atom is 0.409 e. The number of carbonyl (C=O) groups excluding carboxylic acids is 2. The Hall–Kier alpha value is -3.72. The SMILES string of the molecule is CN(CCCn1c(=O)c(C(=O)OO)cc2ncccc21)C(=O)OCc1ccccc1. The average molecular weight is 411 g/mol. The molecule has 3 rings (SSSR count). The third-order valence-electron chi connectivity index (χ3n) is 4.56. The largest absolute Gasteiger partial charge is 0.445 e. The number of pyridine rings is 2. The molecule has 0 bridgehead atoms. The molecule has 1 aromatic carbocycles. The molecule has 0 aliphatic carbocycles. The normalized spacial score (nSPS) is 10.6. The van der Waals surface area contributed by atoms with E-state index < -0.39 is 17.6 Å². The van der Waals surface area contributed by atoms with Crippen molar-refractivity contribution in [2.45, 2.75) is 19.6 Å². The second kappa shape index (κ2) is 9.66. The van der Waals surface area contributed by atoms with Gasteiger partial charge in [-0.25, -0.2) is 9.59 Å². The van der Waals surface area contributed by atoms with E-state index in [0.29, 0.717) is 24.0 Å². The summed E-state index contributed by atoms with van der Waals surface area (Å²) in [5.41, 5.74) is 0.903. The van der Waals surface area contributed by atoms with Crippen molar-refractivity contribution in [2.75, 3.05) is 13.6 Å². The van der Waals surface area contributed by atoms with Gasteiger partial charge in [0.1, 0.15) is 12.2 Å². The number of hydrogen-bond acceptors (Lipinski definition) is 7. The lowest BCUT2D eigenvalue weighted by molar-refractivity contribution is -0.183. The summed E-state index contributed by atoms with van der Waals surface area (Å²) in [5, 5.41) is 8.64. The van der Waals surface area contributed by atoms with E-state index in [4.69, 9.17) is 9.99 Å². The average Bonchev–Trinajstić information content (AvgIpc) is 2.78. The molecule has 0 radical (unpaired) electrons. The zero-order chi connectivity index (χ0) is 21.5. The number of carbonyl (C=O) groups is 2. The Morgan fingerprint density at radius 2 is 1.93 bits per heavy atom. The van der Waals surface area contributed by atoms with E-state index in [-0.39, 0.29) is 18.7 Å². The smallest absolute Gasteiger partial charge is 0.409 e. The van der Waals surface area contributed by atoms with Gasteiger partial charge in [-0.15, -0.1) is 0 Å². The quantitative estimate of drug-likeness (QED) is 0.470. The van der Waals surface area contributed by atoms with Crippen LogP contribution in [0.25, 0.3) is 11.0 Å². The standard InChI is InChI=1S/C21H21N3O6/c1-23(21(27)29-14-15-7-3-2-4-8-15)11-6-12-24-18-9-5-10-22-17(18)13-16(19(24)25)20(26)30-28/h2-5,7-10,13,28H,6,11-12,14H2,1H3. The summed E-state index contributed by atoms with van der Waals surface area (Å²) in [5.74, 6) is -1.15.